The van der Waals surface area contributed by atoms with Crippen LogP contribution in [-0.2, 0) is 4.74 Å². The highest BCUT2D eigenvalue weighted by atomic mass is 35.5. The molecule has 0 unspecified atom stereocenters. The number of allylic oxidation sites excluding steroid dienone is 2. The molecule has 0 aromatic heterocycles. The van der Waals surface area contributed by atoms with Gasteiger partial charge in [0.2, 0.25) is 0 Å². The predicted octanol–water partition coefficient (Wildman–Crippen LogP) is 6.57. The molecule has 0 aliphatic heterocycles. The summed E-state index contributed by atoms with van der Waals surface area (Å²) in [6, 6.07) is 5.82. The number of hydrogen-bond donors (Lipinski definition) is 0. The Labute approximate surface area is 173 Å². The lowest BCUT2D eigenvalue weighted by Crippen LogP contribution is -2.13. The van der Waals surface area contributed by atoms with E-state index in [2.05, 4.69) is 4.74 Å². The highest BCUT2D eigenvalue weighted by Crippen LogP contribution is 2.39. The third kappa shape index (κ3) is 4.87. The number of aryl methyl sites for hydroxylation is 1. The molecule has 0 heterocycles. The van der Waals surface area contributed by atoms with Crippen LogP contribution in [0.3, 0.4) is 0 Å². The molecular weight excluding hydrogens is 440 g/mol. The lowest BCUT2D eigenvalue weighted by molar-refractivity contribution is -0.0689. The Morgan fingerprint density at radius 2 is 1.57 bits per heavy atom. The van der Waals surface area contributed by atoms with Gasteiger partial charge < -0.3 is 4.74 Å². The van der Waals surface area contributed by atoms with E-state index in [0.29, 0.717) is 11.6 Å². The van der Waals surface area contributed by atoms with Crippen LogP contribution < -0.4 is 0 Å². The van der Waals surface area contributed by atoms with Crippen LogP contribution in [0.15, 0.2) is 36.4 Å². The number of carbonyl (C=O) groups excluding carboxylic acids is 2. The van der Waals surface area contributed by atoms with Crippen molar-refractivity contribution in [3.05, 3.63) is 73.7 Å². The molecule has 0 radical (unpaired) electrons. The van der Waals surface area contributed by atoms with E-state index in [1.54, 1.807) is 0 Å². The summed E-state index contributed by atoms with van der Waals surface area (Å²) in [6.45, 7) is 1.54. The number of hydrogen-bond acceptors (Lipinski definition) is 3. The van der Waals surface area contributed by atoms with Crippen LogP contribution in [0.5, 0.6) is 0 Å². The number of alkyl halides is 3. The van der Waals surface area contributed by atoms with Crippen molar-refractivity contribution in [2.45, 2.75) is 13.1 Å². The van der Waals surface area contributed by atoms with E-state index in [9.17, 15) is 22.8 Å². The third-order valence-corrected chi connectivity index (χ3v) is 4.99. The zero-order valence-corrected chi connectivity index (χ0v) is 16.7. The second kappa shape index (κ2) is 8.55. The van der Waals surface area contributed by atoms with E-state index in [1.807, 2.05) is 0 Å². The van der Waals surface area contributed by atoms with Gasteiger partial charge in [-0.05, 0) is 48.4 Å². The minimum absolute atomic E-state index is 0.0296. The Hall–Kier alpha value is -2.02. The Kier molecular flexibility index (Phi) is 6.80. The zero-order valence-electron chi connectivity index (χ0n) is 14.5. The van der Waals surface area contributed by atoms with Gasteiger partial charge in [-0.1, -0.05) is 40.9 Å². The first kappa shape index (κ1) is 22.3. The van der Waals surface area contributed by atoms with Gasteiger partial charge in [0.15, 0.2) is 5.78 Å². The second-order valence-electron chi connectivity index (χ2n) is 5.70. The summed E-state index contributed by atoms with van der Waals surface area (Å²) < 4.78 is 45.2. The van der Waals surface area contributed by atoms with E-state index >= 15 is 0 Å². The summed E-state index contributed by atoms with van der Waals surface area (Å²) in [6.07, 6.45) is -4.40. The molecule has 9 heteroatoms. The number of methoxy groups -OCH3 is 1. The third-order valence-electron chi connectivity index (χ3n) is 3.79. The molecule has 3 nitrogen and oxygen atoms in total. The summed E-state index contributed by atoms with van der Waals surface area (Å²) in [5, 5.41) is -0.441. The fourth-order valence-electron chi connectivity index (χ4n) is 2.41. The van der Waals surface area contributed by atoms with Crippen LogP contribution in [0.2, 0.25) is 15.1 Å². The summed E-state index contributed by atoms with van der Waals surface area (Å²) in [5.41, 5.74) is -1.07. The summed E-state index contributed by atoms with van der Waals surface area (Å²) in [7, 11) is 1.20. The number of carbonyl (C=O) groups is 2. The standard InChI is InChI=1S/C19H12Cl3F3O3/c1-9-5-10(3-4-12(9)18(27)28-2)16(26)8-13(19(23,24)25)11-6-14(20)17(22)15(21)7-11/h3-8H,1-2H3/b13-8+. The molecule has 0 aliphatic carbocycles. The van der Waals surface area contributed by atoms with Crippen molar-refractivity contribution in [2.75, 3.05) is 7.11 Å². The van der Waals surface area contributed by atoms with E-state index in [0.717, 1.165) is 12.1 Å². The lowest BCUT2D eigenvalue weighted by Gasteiger charge is -2.14. The number of halogens is 6. The van der Waals surface area contributed by atoms with Gasteiger partial charge in [0, 0.05) is 5.56 Å². The molecule has 28 heavy (non-hydrogen) atoms. The maximum atomic E-state index is 13.5. The quantitative estimate of drug-likeness (QED) is 0.228. The Morgan fingerprint density at radius 1 is 1.00 bits per heavy atom. The van der Waals surface area contributed by atoms with Crippen molar-refractivity contribution in [3.8, 4) is 0 Å². The van der Waals surface area contributed by atoms with Crippen LogP contribution in [0, 0.1) is 6.92 Å². The molecule has 148 valence electrons. The first-order valence-electron chi connectivity index (χ1n) is 7.62. The summed E-state index contributed by atoms with van der Waals surface area (Å²) in [4.78, 5) is 24.0. The monoisotopic (exact) mass is 450 g/mol. The highest BCUT2D eigenvalue weighted by Gasteiger charge is 2.36. The van der Waals surface area contributed by atoms with E-state index in [-0.39, 0.29) is 26.2 Å². The minimum Gasteiger partial charge on any atom is -0.465 e. The van der Waals surface area contributed by atoms with Crippen molar-refractivity contribution < 1.29 is 27.5 Å². The molecule has 0 saturated heterocycles. The fourth-order valence-corrected chi connectivity index (χ4v) is 3.01. The van der Waals surface area contributed by atoms with Gasteiger partial charge in [-0.25, -0.2) is 4.79 Å². The molecule has 0 bridgehead atoms. The average Bonchev–Trinajstić information content (AvgIpc) is 2.61. The molecule has 2 aromatic rings. The van der Waals surface area contributed by atoms with E-state index in [4.69, 9.17) is 34.8 Å². The molecule has 0 amide bonds. The van der Waals surface area contributed by atoms with Crippen LogP contribution in [0.4, 0.5) is 13.2 Å². The number of ether oxygens (including phenoxy) is 1. The highest BCUT2D eigenvalue weighted by molar-refractivity contribution is 6.48. The van der Waals surface area contributed by atoms with Gasteiger partial charge in [-0.2, -0.15) is 13.2 Å². The molecule has 0 spiro atoms. The van der Waals surface area contributed by atoms with Crippen molar-refractivity contribution in [2.24, 2.45) is 0 Å². The predicted molar refractivity (Wildman–Crippen MR) is 102 cm³/mol. The van der Waals surface area contributed by atoms with Crippen molar-refractivity contribution in [3.63, 3.8) is 0 Å². The normalized spacial score (nSPS) is 12.1. The molecule has 2 rings (SSSR count). The molecule has 0 N–H and O–H groups in total. The Bertz CT molecular complexity index is 959. The van der Waals surface area contributed by atoms with Gasteiger partial charge in [0.05, 0.1) is 33.3 Å². The van der Waals surface area contributed by atoms with E-state index in [1.165, 1.54) is 32.2 Å². The minimum atomic E-state index is -4.85. The first-order chi connectivity index (χ1) is 13.0. The zero-order chi connectivity index (χ0) is 21.2. The van der Waals surface area contributed by atoms with Gasteiger partial charge in [0.1, 0.15) is 0 Å². The van der Waals surface area contributed by atoms with Crippen molar-refractivity contribution in [1.82, 2.24) is 0 Å². The molecule has 0 atom stereocenters. The maximum absolute atomic E-state index is 13.5. The van der Waals surface area contributed by atoms with Crippen LogP contribution in [-0.4, -0.2) is 25.0 Å². The molecular formula is C19H12Cl3F3O3. The fraction of sp³-hybridized carbons (Fsp3) is 0.158. The summed E-state index contributed by atoms with van der Waals surface area (Å²) in [5.74, 6) is -1.53. The second-order valence-corrected chi connectivity index (χ2v) is 6.89. The smallest absolute Gasteiger partial charge is 0.417 e. The van der Waals surface area contributed by atoms with Crippen LogP contribution in [0.1, 0.15) is 31.8 Å². The number of benzene rings is 2. The Balaban J connectivity index is 2.53. The molecule has 0 saturated carbocycles. The number of rotatable bonds is 4. The Morgan fingerprint density at radius 3 is 2.04 bits per heavy atom. The molecule has 2 aromatic carbocycles. The average molecular weight is 452 g/mol. The number of esters is 1. The van der Waals surface area contributed by atoms with Gasteiger partial charge in [0.25, 0.3) is 0 Å². The molecule has 0 fully saturated rings. The van der Waals surface area contributed by atoms with Crippen LogP contribution in [0.25, 0.3) is 5.57 Å². The maximum Gasteiger partial charge on any atom is 0.417 e. The lowest BCUT2D eigenvalue weighted by atomic mass is 9.99. The number of ketones is 1. The molecule has 0 aliphatic rings. The summed E-state index contributed by atoms with van der Waals surface area (Å²) >= 11 is 17.4. The topological polar surface area (TPSA) is 43.4 Å². The first-order valence-corrected chi connectivity index (χ1v) is 8.76. The van der Waals surface area contributed by atoms with Gasteiger partial charge >= 0.3 is 12.1 Å². The van der Waals surface area contributed by atoms with E-state index < -0.39 is 29.1 Å². The largest absolute Gasteiger partial charge is 0.465 e. The SMILES string of the molecule is COC(=O)c1ccc(C(=O)/C=C(\c2cc(Cl)c(Cl)c(Cl)c2)C(F)(F)F)cc1C. The van der Waals surface area contributed by atoms with Gasteiger partial charge in [-0.15, -0.1) is 0 Å². The van der Waals surface area contributed by atoms with Crippen LogP contribution >= 0.6 is 34.8 Å². The van der Waals surface area contributed by atoms with Crippen molar-refractivity contribution >= 4 is 52.1 Å². The van der Waals surface area contributed by atoms with Gasteiger partial charge in [-0.3, -0.25) is 4.79 Å². The van der Waals surface area contributed by atoms with Crippen molar-refractivity contribution in [1.29, 1.82) is 0 Å².